The van der Waals surface area contributed by atoms with Gasteiger partial charge in [-0.15, -0.1) is 0 Å². The zero-order chi connectivity index (χ0) is 23.8. The third kappa shape index (κ3) is 4.05. The number of hydrogen-bond donors (Lipinski definition) is 3. The van der Waals surface area contributed by atoms with Crippen molar-refractivity contribution in [1.29, 1.82) is 0 Å². The average Bonchev–Trinajstić information content (AvgIpc) is 3.29. The lowest BCUT2D eigenvalue weighted by atomic mass is 9.97. The van der Waals surface area contributed by atoms with Gasteiger partial charge in [-0.1, -0.05) is 0 Å². The summed E-state index contributed by atoms with van der Waals surface area (Å²) in [6, 6.07) is 2.82. The second-order valence-corrected chi connectivity index (χ2v) is 8.58. The van der Waals surface area contributed by atoms with E-state index in [0.717, 1.165) is 30.5 Å². The van der Waals surface area contributed by atoms with E-state index in [0.29, 0.717) is 46.7 Å². The fourth-order valence-electron chi connectivity index (χ4n) is 4.61. The second kappa shape index (κ2) is 8.94. The number of aromatic nitrogens is 2. The predicted octanol–water partition coefficient (Wildman–Crippen LogP) is 2.83. The molecule has 9 nitrogen and oxygen atoms in total. The monoisotopic (exact) mass is 465 g/mol. The van der Waals surface area contributed by atoms with Crippen LogP contribution in [0.3, 0.4) is 0 Å². The van der Waals surface area contributed by atoms with Crippen molar-refractivity contribution in [3.63, 3.8) is 0 Å². The number of nitrogens with two attached hydrogens (primary N) is 1. The first-order chi connectivity index (χ1) is 16.4. The number of hydrogen-bond acceptors (Lipinski definition) is 8. The van der Waals surface area contributed by atoms with E-state index >= 15 is 4.39 Å². The number of benzene rings is 1. The number of anilines is 3. The Morgan fingerprint density at radius 2 is 2.15 bits per heavy atom. The van der Waals surface area contributed by atoms with Crippen LogP contribution in [0.5, 0.6) is 5.88 Å². The van der Waals surface area contributed by atoms with Gasteiger partial charge in [-0.2, -0.15) is 0 Å². The molecule has 1 saturated carbocycles. The van der Waals surface area contributed by atoms with Crippen molar-refractivity contribution >= 4 is 34.0 Å². The van der Waals surface area contributed by atoms with E-state index in [2.05, 4.69) is 25.6 Å². The van der Waals surface area contributed by atoms with Crippen LogP contribution in [0.15, 0.2) is 29.5 Å². The highest BCUT2D eigenvalue weighted by molar-refractivity contribution is 5.99. The van der Waals surface area contributed by atoms with E-state index in [4.69, 9.17) is 15.2 Å². The highest BCUT2D eigenvalue weighted by Gasteiger charge is 2.24. The zero-order valence-electron chi connectivity index (χ0n) is 19.0. The Kier molecular flexibility index (Phi) is 5.82. The van der Waals surface area contributed by atoms with Gasteiger partial charge in [-0.25, -0.2) is 14.4 Å². The van der Waals surface area contributed by atoms with Gasteiger partial charge in [0.1, 0.15) is 18.1 Å². The largest absolute Gasteiger partial charge is 0.846 e. The standard InChI is InChI=1S/C24H27FN6O3/c1-12-17(10-29-23-22(12)27-5-6-34-23)16-7-13-8-19(28-11-18(13)21(26)20(16)25)31-24(32)30-14-3-4-15(9-14)33-2/h7-8,10-11,14-15,27H,3-6,9,26H2,1-2H3,(H2,28,30,31,32)/p-1/t14?,15-/m1/s1. The number of rotatable bonds is 4. The summed E-state index contributed by atoms with van der Waals surface area (Å²) in [5.41, 5.74) is 8.60. The van der Waals surface area contributed by atoms with Crippen LogP contribution in [0.25, 0.3) is 21.9 Å². The van der Waals surface area contributed by atoms with Crippen molar-refractivity contribution in [2.24, 2.45) is 4.99 Å². The summed E-state index contributed by atoms with van der Waals surface area (Å²) in [5.74, 6) is 0.269. The number of halogens is 1. The molecule has 10 heteroatoms. The molecule has 3 aromatic rings. The number of ether oxygens (including phenoxy) is 2. The summed E-state index contributed by atoms with van der Waals surface area (Å²) in [5, 5.41) is 19.5. The molecular formula is C24H26FN6O3-. The van der Waals surface area contributed by atoms with Crippen LogP contribution in [-0.2, 0) is 4.74 Å². The first-order valence-corrected chi connectivity index (χ1v) is 11.2. The topological polar surface area (TPSA) is 130 Å². The first-order valence-electron chi connectivity index (χ1n) is 11.2. The summed E-state index contributed by atoms with van der Waals surface area (Å²) in [6.07, 6.45) is 5.60. The summed E-state index contributed by atoms with van der Waals surface area (Å²) in [4.78, 5) is 12.8. The third-order valence-corrected chi connectivity index (χ3v) is 6.46. The molecule has 5 rings (SSSR count). The quantitative estimate of drug-likeness (QED) is 0.305. The highest BCUT2D eigenvalue weighted by Crippen LogP contribution is 2.39. The molecule has 0 radical (unpaired) electrons. The van der Waals surface area contributed by atoms with E-state index in [1.807, 2.05) is 6.92 Å². The van der Waals surface area contributed by atoms with E-state index < -0.39 is 11.8 Å². The minimum atomic E-state index is -0.545. The van der Waals surface area contributed by atoms with Crippen LogP contribution < -0.4 is 26.2 Å². The lowest BCUT2D eigenvalue weighted by Gasteiger charge is -2.22. The van der Waals surface area contributed by atoms with Crippen LogP contribution >= 0.6 is 0 Å². The van der Waals surface area contributed by atoms with Crippen molar-refractivity contribution in [2.45, 2.75) is 38.3 Å². The molecular weight excluding hydrogens is 439 g/mol. The number of nitrogens with one attached hydrogen (secondary N) is 2. The fraction of sp³-hybridized carbons (Fsp3) is 0.375. The Morgan fingerprint density at radius 3 is 2.94 bits per heavy atom. The molecule has 4 N–H and O–H groups in total. The molecule has 1 aromatic carbocycles. The summed E-state index contributed by atoms with van der Waals surface area (Å²) in [7, 11) is 1.67. The van der Waals surface area contributed by atoms with Crippen LogP contribution in [0.2, 0.25) is 0 Å². The van der Waals surface area contributed by atoms with Crippen molar-refractivity contribution in [3.8, 4) is 17.0 Å². The molecule has 0 spiro atoms. The van der Waals surface area contributed by atoms with Gasteiger partial charge in [-0.3, -0.25) is 4.99 Å². The lowest BCUT2D eigenvalue weighted by Crippen LogP contribution is -2.29. The van der Waals surface area contributed by atoms with Crippen LogP contribution in [0, 0.1) is 12.7 Å². The molecule has 34 heavy (non-hydrogen) atoms. The van der Waals surface area contributed by atoms with Gasteiger partial charge in [0.2, 0.25) is 5.88 Å². The van der Waals surface area contributed by atoms with Crippen molar-refractivity contribution in [3.05, 3.63) is 35.9 Å². The van der Waals surface area contributed by atoms with Crippen molar-refractivity contribution < 1.29 is 19.0 Å². The Morgan fingerprint density at radius 1 is 1.29 bits per heavy atom. The van der Waals surface area contributed by atoms with Gasteiger partial charge >= 0.3 is 0 Å². The van der Waals surface area contributed by atoms with E-state index in [9.17, 15) is 5.11 Å². The van der Waals surface area contributed by atoms with Gasteiger partial charge in [0, 0.05) is 42.6 Å². The normalized spacial score (nSPS) is 20.0. The third-order valence-electron chi connectivity index (χ3n) is 6.46. The van der Waals surface area contributed by atoms with Gasteiger partial charge < -0.3 is 30.9 Å². The smallest absolute Gasteiger partial charge is 0.237 e. The minimum Gasteiger partial charge on any atom is -0.846 e. The van der Waals surface area contributed by atoms with Gasteiger partial charge in [0.15, 0.2) is 5.82 Å². The van der Waals surface area contributed by atoms with E-state index in [-0.39, 0.29) is 17.8 Å². The van der Waals surface area contributed by atoms with Crippen molar-refractivity contribution in [1.82, 2.24) is 9.97 Å². The van der Waals surface area contributed by atoms with Crippen molar-refractivity contribution in [2.75, 3.05) is 36.6 Å². The SMILES string of the molecule is CO[C@@H]1CCC(N=C([O-])Nc2cc3cc(-c4cnc5c(c4C)NCCO5)c(F)c(N)c3cn2)C1. The Bertz CT molecular complexity index is 1280. The Labute approximate surface area is 196 Å². The molecule has 2 aliphatic rings. The zero-order valence-corrected chi connectivity index (χ0v) is 19.0. The molecule has 2 atom stereocenters. The number of methoxy groups -OCH3 is 1. The van der Waals surface area contributed by atoms with E-state index in [1.54, 1.807) is 25.4 Å². The van der Waals surface area contributed by atoms with Gasteiger partial charge in [0.05, 0.1) is 23.9 Å². The number of fused-ring (bicyclic) bond motifs is 2. The maximum Gasteiger partial charge on any atom is 0.237 e. The Balaban J connectivity index is 1.48. The number of nitrogen functional groups attached to an aromatic ring is 1. The molecule has 1 aliphatic heterocycles. The molecule has 1 fully saturated rings. The molecule has 0 saturated heterocycles. The maximum atomic E-state index is 15.3. The highest BCUT2D eigenvalue weighted by atomic mass is 19.1. The minimum absolute atomic E-state index is 0.0135. The van der Waals surface area contributed by atoms with E-state index in [1.165, 1.54) is 6.20 Å². The molecule has 0 bridgehead atoms. The first kappa shape index (κ1) is 22.1. The van der Waals surface area contributed by atoms with Gasteiger partial charge in [0.25, 0.3) is 0 Å². The lowest BCUT2D eigenvalue weighted by molar-refractivity contribution is -0.215. The van der Waals surface area contributed by atoms with Crippen LogP contribution in [0.1, 0.15) is 24.8 Å². The molecule has 3 heterocycles. The summed E-state index contributed by atoms with van der Waals surface area (Å²) >= 11 is 0. The molecule has 0 amide bonds. The van der Waals surface area contributed by atoms with Crippen LogP contribution in [0.4, 0.5) is 21.6 Å². The average molecular weight is 466 g/mol. The Hall–Kier alpha value is -3.66. The molecule has 1 aliphatic carbocycles. The molecule has 1 unspecified atom stereocenters. The number of amidine groups is 1. The predicted molar refractivity (Wildman–Crippen MR) is 128 cm³/mol. The fourth-order valence-corrected chi connectivity index (χ4v) is 4.61. The summed E-state index contributed by atoms with van der Waals surface area (Å²) < 4.78 is 26.2. The molecule has 178 valence electrons. The van der Waals surface area contributed by atoms with Crippen LogP contribution in [-0.4, -0.2) is 48.4 Å². The summed E-state index contributed by atoms with van der Waals surface area (Å²) in [6.45, 7) is 3.06. The second-order valence-electron chi connectivity index (χ2n) is 8.58. The number of pyridine rings is 2. The van der Waals surface area contributed by atoms with Gasteiger partial charge in [-0.05, 0) is 49.3 Å². The number of aliphatic imine (C=N–C) groups is 1. The maximum absolute atomic E-state index is 15.3. The molecule has 2 aromatic heterocycles. The number of nitrogens with zero attached hydrogens (tertiary/aromatic N) is 3.